The predicted molar refractivity (Wildman–Crippen MR) is 82.2 cm³/mol. The fourth-order valence-electron chi connectivity index (χ4n) is 2.93. The molecule has 6 heteroatoms. The zero-order chi connectivity index (χ0) is 16.1. The van der Waals surface area contributed by atoms with E-state index in [2.05, 4.69) is 17.3 Å². The minimum atomic E-state index is -0.446. The molecule has 0 aromatic carbocycles. The summed E-state index contributed by atoms with van der Waals surface area (Å²) in [5.41, 5.74) is 1.75. The molecule has 2 rings (SSSR count). The average molecular weight is 307 g/mol. The van der Waals surface area contributed by atoms with E-state index in [-0.39, 0.29) is 25.1 Å². The molecule has 22 heavy (non-hydrogen) atoms. The van der Waals surface area contributed by atoms with E-state index in [4.69, 9.17) is 4.74 Å². The number of ether oxygens (including phenoxy) is 1. The third kappa shape index (κ3) is 4.58. The Balaban J connectivity index is 1.73. The number of carbonyl (C=O) groups excluding carboxylic acids is 2. The highest BCUT2D eigenvalue weighted by atomic mass is 16.5. The molecule has 122 valence electrons. The number of carbonyl (C=O) groups is 2. The van der Waals surface area contributed by atoms with Crippen molar-refractivity contribution in [1.82, 2.24) is 15.1 Å². The summed E-state index contributed by atoms with van der Waals surface area (Å²) in [7, 11) is 0. The van der Waals surface area contributed by atoms with Gasteiger partial charge in [-0.1, -0.05) is 19.8 Å². The SMILES string of the molecule is Cc1cc(C)n(CC(=O)OCC(=O)NC2CCCCC2C)n1. The number of esters is 1. The van der Waals surface area contributed by atoms with Gasteiger partial charge in [0.2, 0.25) is 0 Å². The van der Waals surface area contributed by atoms with Crippen LogP contribution in [0, 0.1) is 19.8 Å². The smallest absolute Gasteiger partial charge is 0.328 e. The van der Waals surface area contributed by atoms with Crippen molar-refractivity contribution in [2.24, 2.45) is 5.92 Å². The summed E-state index contributed by atoms with van der Waals surface area (Å²) >= 11 is 0. The van der Waals surface area contributed by atoms with Crippen LogP contribution in [0.2, 0.25) is 0 Å². The second-order valence-electron chi connectivity index (χ2n) is 6.18. The minimum Gasteiger partial charge on any atom is -0.454 e. The Morgan fingerprint density at radius 3 is 2.73 bits per heavy atom. The number of nitrogens with one attached hydrogen (secondary N) is 1. The molecule has 1 fully saturated rings. The number of nitrogens with zero attached hydrogens (tertiary/aromatic N) is 2. The van der Waals surface area contributed by atoms with Gasteiger partial charge in [-0.3, -0.25) is 14.3 Å². The molecule has 1 aliphatic carbocycles. The van der Waals surface area contributed by atoms with Crippen LogP contribution in [-0.4, -0.2) is 34.3 Å². The van der Waals surface area contributed by atoms with Gasteiger partial charge in [-0.05, 0) is 38.7 Å². The molecule has 1 amide bonds. The summed E-state index contributed by atoms with van der Waals surface area (Å²) in [5, 5.41) is 7.16. The standard InChI is InChI=1S/C16H25N3O3/c1-11-6-4-5-7-14(11)17-15(20)10-22-16(21)9-19-13(3)8-12(2)18-19/h8,11,14H,4-7,9-10H2,1-3H3,(H,17,20). The average Bonchev–Trinajstić information content (AvgIpc) is 2.77. The van der Waals surface area contributed by atoms with Gasteiger partial charge in [0.15, 0.2) is 6.61 Å². The van der Waals surface area contributed by atoms with Gasteiger partial charge in [0, 0.05) is 11.7 Å². The first-order valence-electron chi connectivity index (χ1n) is 7.91. The maximum absolute atomic E-state index is 11.9. The number of rotatable bonds is 5. The first kappa shape index (κ1) is 16.5. The van der Waals surface area contributed by atoms with E-state index in [0.717, 1.165) is 30.7 Å². The van der Waals surface area contributed by atoms with Gasteiger partial charge in [0.25, 0.3) is 5.91 Å². The molecule has 0 spiro atoms. The lowest BCUT2D eigenvalue weighted by Crippen LogP contribution is -2.43. The molecule has 1 aliphatic rings. The van der Waals surface area contributed by atoms with Crippen LogP contribution in [0.5, 0.6) is 0 Å². The molecule has 2 unspecified atom stereocenters. The summed E-state index contributed by atoms with van der Waals surface area (Å²) < 4.78 is 6.62. The topological polar surface area (TPSA) is 73.2 Å². The molecule has 6 nitrogen and oxygen atoms in total. The largest absolute Gasteiger partial charge is 0.454 e. The van der Waals surface area contributed by atoms with Gasteiger partial charge in [0.1, 0.15) is 6.54 Å². The number of amides is 1. The highest BCUT2D eigenvalue weighted by Gasteiger charge is 2.23. The lowest BCUT2D eigenvalue weighted by Gasteiger charge is -2.29. The monoisotopic (exact) mass is 307 g/mol. The van der Waals surface area contributed by atoms with E-state index >= 15 is 0 Å². The van der Waals surface area contributed by atoms with Crippen molar-refractivity contribution in [3.05, 3.63) is 17.5 Å². The van der Waals surface area contributed by atoms with Gasteiger partial charge in [-0.25, -0.2) is 0 Å². The highest BCUT2D eigenvalue weighted by molar-refractivity contribution is 5.80. The van der Waals surface area contributed by atoms with E-state index < -0.39 is 5.97 Å². The van der Waals surface area contributed by atoms with Crippen molar-refractivity contribution in [2.45, 2.75) is 59.0 Å². The second-order valence-corrected chi connectivity index (χ2v) is 6.18. The number of hydrogen-bond acceptors (Lipinski definition) is 4. The summed E-state index contributed by atoms with van der Waals surface area (Å²) in [6.45, 7) is 5.71. The van der Waals surface area contributed by atoms with E-state index in [1.165, 1.54) is 6.42 Å². The lowest BCUT2D eigenvalue weighted by atomic mass is 9.86. The van der Waals surface area contributed by atoms with E-state index in [9.17, 15) is 9.59 Å². The molecule has 1 N–H and O–H groups in total. The predicted octanol–water partition coefficient (Wildman–Crippen LogP) is 1.74. The van der Waals surface area contributed by atoms with Crippen LogP contribution < -0.4 is 5.32 Å². The molecule has 0 aliphatic heterocycles. The minimum absolute atomic E-state index is 0.0345. The normalized spacial score (nSPS) is 21.4. The Morgan fingerprint density at radius 2 is 2.09 bits per heavy atom. The van der Waals surface area contributed by atoms with E-state index in [0.29, 0.717) is 5.92 Å². The number of hydrogen-bond donors (Lipinski definition) is 1. The molecule has 1 saturated carbocycles. The Labute approximate surface area is 131 Å². The summed E-state index contributed by atoms with van der Waals surface area (Å²) in [4.78, 5) is 23.6. The molecular formula is C16H25N3O3. The Morgan fingerprint density at radius 1 is 1.36 bits per heavy atom. The fourth-order valence-corrected chi connectivity index (χ4v) is 2.93. The molecule has 1 aromatic rings. The van der Waals surface area contributed by atoms with Crippen LogP contribution in [0.4, 0.5) is 0 Å². The first-order valence-corrected chi connectivity index (χ1v) is 7.91. The van der Waals surface area contributed by atoms with E-state index in [1.807, 2.05) is 19.9 Å². The highest BCUT2D eigenvalue weighted by Crippen LogP contribution is 2.23. The molecule has 0 bridgehead atoms. The Kier molecular flexibility index (Phi) is 5.57. The van der Waals surface area contributed by atoms with E-state index in [1.54, 1.807) is 4.68 Å². The van der Waals surface area contributed by atoms with Crippen molar-refractivity contribution in [3.8, 4) is 0 Å². The van der Waals surface area contributed by atoms with Crippen molar-refractivity contribution >= 4 is 11.9 Å². The first-order chi connectivity index (χ1) is 10.5. The summed E-state index contributed by atoms with van der Waals surface area (Å²) in [5.74, 6) is -0.179. The Bertz CT molecular complexity index is 539. The van der Waals surface area contributed by atoms with Crippen LogP contribution in [0.1, 0.15) is 44.0 Å². The molecule has 0 radical (unpaired) electrons. The van der Waals surface area contributed by atoms with Crippen LogP contribution in [0.15, 0.2) is 6.07 Å². The lowest BCUT2D eigenvalue weighted by molar-refractivity contribution is -0.149. The fraction of sp³-hybridized carbons (Fsp3) is 0.688. The molecular weight excluding hydrogens is 282 g/mol. The maximum atomic E-state index is 11.9. The van der Waals surface area contributed by atoms with Gasteiger partial charge >= 0.3 is 5.97 Å². The summed E-state index contributed by atoms with van der Waals surface area (Å²) in [6.07, 6.45) is 4.52. The van der Waals surface area contributed by atoms with Gasteiger partial charge in [-0.15, -0.1) is 0 Å². The van der Waals surface area contributed by atoms with Crippen molar-refractivity contribution in [2.75, 3.05) is 6.61 Å². The van der Waals surface area contributed by atoms with Crippen LogP contribution in [0.3, 0.4) is 0 Å². The molecule has 2 atom stereocenters. The number of aromatic nitrogens is 2. The zero-order valence-corrected chi connectivity index (χ0v) is 13.6. The third-order valence-corrected chi connectivity index (χ3v) is 4.20. The van der Waals surface area contributed by atoms with Crippen molar-refractivity contribution < 1.29 is 14.3 Å². The van der Waals surface area contributed by atoms with Crippen LogP contribution in [-0.2, 0) is 20.9 Å². The van der Waals surface area contributed by atoms with Crippen LogP contribution in [0.25, 0.3) is 0 Å². The third-order valence-electron chi connectivity index (χ3n) is 4.20. The van der Waals surface area contributed by atoms with Crippen molar-refractivity contribution in [3.63, 3.8) is 0 Å². The zero-order valence-electron chi connectivity index (χ0n) is 13.6. The Hall–Kier alpha value is -1.85. The maximum Gasteiger partial charge on any atom is 0.328 e. The molecule has 1 heterocycles. The van der Waals surface area contributed by atoms with Gasteiger partial charge in [0.05, 0.1) is 5.69 Å². The van der Waals surface area contributed by atoms with Gasteiger partial charge < -0.3 is 10.1 Å². The van der Waals surface area contributed by atoms with Gasteiger partial charge in [-0.2, -0.15) is 5.10 Å². The molecule has 1 aromatic heterocycles. The molecule has 0 saturated heterocycles. The second kappa shape index (κ2) is 7.42. The van der Waals surface area contributed by atoms with Crippen LogP contribution >= 0.6 is 0 Å². The quantitative estimate of drug-likeness (QED) is 0.841. The summed E-state index contributed by atoms with van der Waals surface area (Å²) in [6, 6.07) is 2.10. The number of aryl methyl sites for hydroxylation is 2. The van der Waals surface area contributed by atoms with Crippen molar-refractivity contribution in [1.29, 1.82) is 0 Å².